The summed E-state index contributed by atoms with van der Waals surface area (Å²) in [6, 6.07) is 12.1. The fraction of sp³-hybridized carbons (Fsp3) is 0.235. The minimum absolute atomic E-state index is 0.0214. The van der Waals surface area contributed by atoms with E-state index in [-0.39, 0.29) is 11.6 Å². The van der Waals surface area contributed by atoms with E-state index in [9.17, 15) is 14.9 Å². The zero-order chi connectivity index (χ0) is 16.8. The second-order valence-corrected chi connectivity index (χ2v) is 5.33. The number of rotatable bonds is 6. The Balaban J connectivity index is 1.88. The highest BCUT2D eigenvalue weighted by atomic mass is 16.6. The lowest BCUT2D eigenvalue weighted by molar-refractivity contribution is -0.384. The van der Waals surface area contributed by atoms with Crippen LogP contribution in [0.5, 0.6) is 0 Å². The summed E-state index contributed by atoms with van der Waals surface area (Å²) < 4.78 is 0. The smallest absolute Gasteiger partial charge is 0.292 e. The number of carbonyl (C=O) groups excluding carboxylic acids is 1. The number of hydrogen-bond donors (Lipinski definition) is 2. The topological polar surface area (TPSA) is 84.3 Å². The molecule has 1 amide bonds. The van der Waals surface area contributed by atoms with Gasteiger partial charge >= 0.3 is 0 Å². The van der Waals surface area contributed by atoms with Crippen LogP contribution in [-0.2, 0) is 0 Å². The van der Waals surface area contributed by atoms with E-state index in [0.717, 1.165) is 11.1 Å². The number of para-hydroxylation sites is 2. The van der Waals surface area contributed by atoms with Crippen molar-refractivity contribution in [2.24, 2.45) is 0 Å². The molecule has 0 unspecified atom stereocenters. The SMILES string of the molecule is Cc1cc(C)cc(C(=O)NCCNc2ccccc2[N+](=O)[O-])c1. The normalized spacial score (nSPS) is 10.2. The average molecular weight is 313 g/mol. The molecule has 0 bridgehead atoms. The van der Waals surface area contributed by atoms with Gasteiger partial charge in [0.1, 0.15) is 5.69 Å². The molecule has 0 aliphatic carbocycles. The highest BCUT2D eigenvalue weighted by Gasteiger charge is 2.11. The lowest BCUT2D eigenvalue weighted by Gasteiger charge is -2.09. The maximum Gasteiger partial charge on any atom is 0.292 e. The highest BCUT2D eigenvalue weighted by molar-refractivity contribution is 5.94. The number of aryl methyl sites for hydroxylation is 2. The van der Waals surface area contributed by atoms with Gasteiger partial charge in [0, 0.05) is 24.7 Å². The van der Waals surface area contributed by atoms with Crippen molar-refractivity contribution >= 4 is 17.3 Å². The lowest BCUT2D eigenvalue weighted by atomic mass is 10.1. The van der Waals surface area contributed by atoms with Crippen LogP contribution in [-0.4, -0.2) is 23.9 Å². The number of nitrogens with one attached hydrogen (secondary N) is 2. The number of benzene rings is 2. The first-order valence-corrected chi connectivity index (χ1v) is 7.31. The van der Waals surface area contributed by atoms with Crippen LogP contribution >= 0.6 is 0 Å². The first-order valence-electron chi connectivity index (χ1n) is 7.31. The van der Waals surface area contributed by atoms with Crippen molar-refractivity contribution in [2.75, 3.05) is 18.4 Å². The minimum atomic E-state index is -0.434. The van der Waals surface area contributed by atoms with E-state index in [1.807, 2.05) is 32.0 Å². The molecule has 2 rings (SSSR count). The number of amides is 1. The van der Waals surface area contributed by atoms with Crippen molar-refractivity contribution in [1.82, 2.24) is 5.32 Å². The molecule has 0 atom stereocenters. The predicted molar refractivity (Wildman–Crippen MR) is 89.8 cm³/mol. The van der Waals surface area contributed by atoms with E-state index >= 15 is 0 Å². The molecule has 0 saturated carbocycles. The summed E-state index contributed by atoms with van der Waals surface area (Å²) in [6.45, 7) is 4.67. The second kappa shape index (κ2) is 7.40. The fourth-order valence-corrected chi connectivity index (χ4v) is 2.36. The number of nitrogens with zero attached hydrogens (tertiary/aromatic N) is 1. The van der Waals surface area contributed by atoms with Gasteiger partial charge < -0.3 is 10.6 Å². The molecule has 0 spiro atoms. The molecule has 0 aliphatic rings. The van der Waals surface area contributed by atoms with Gasteiger partial charge in [0.2, 0.25) is 0 Å². The predicted octanol–water partition coefficient (Wildman–Crippen LogP) is 3.05. The zero-order valence-corrected chi connectivity index (χ0v) is 13.1. The summed E-state index contributed by atoms with van der Waals surface area (Å²) in [5.74, 6) is -0.152. The van der Waals surface area contributed by atoms with Gasteiger partial charge in [0.25, 0.3) is 11.6 Å². The largest absolute Gasteiger partial charge is 0.378 e. The Morgan fingerprint density at radius 1 is 1.09 bits per heavy atom. The summed E-state index contributed by atoms with van der Waals surface area (Å²) in [7, 11) is 0. The van der Waals surface area contributed by atoms with Crippen LogP contribution < -0.4 is 10.6 Å². The molecule has 2 aromatic rings. The monoisotopic (exact) mass is 313 g/mol. The summed E-state index contributed by atoms with van der Waals surface area (Å²) in [6.07, 6.45) is 0. The summed E-state index contributed by atoms with van der Waals surface area (Å²) in [4.78, 5) is 22.6. The molecule has 2 N–H and O–H groups in total. The maximum atomic E-state index is 12.1. The van der Waals surface area contributed by atoms with Crippen LogP contribution in [0.25, 0.3) is 0 Å². The van der Waals surface area contributed by atoms with Crippen molar-refractivity contribution in [3.05, 3.63) is 69.3 Å². The third-order valence-electron chi connectivity index (χ3n) is 3.31. The van der Waals surface area contributed by atoms with Crippen molar-refractivity contribution in [1.29, 1.82) is 0 Å². The molecule has 0 aliphatic heterocycles. The van der Waals surface area contributed by atoms with Crippen LogP contribution in [0.2, 0.25) is 0 Å². The van der Waals surface area contributed by atoms with E-state index < -0.39 is 4.92 Å². The van der Waals surface area contributed by atoms with Gasteiger partial charge in [0.05, 0.1) is 4.92 Å². The molecule has 6 nitrogen and oxygen atoms in total. The van der Waals surface area contributed by atoms with Gasteiger partial charge in [-0.3, -0.25) is 14.9 Å². The Bertz CT molecular complexity index is 709. The van der Waals surface area contributed by atoms with Gasteiger partial charge in [-0.05, 0) is 32.0 Å². The second-order valence-electron chi connectivity index (χ2n) is 5.33. The van der Waals surface area contributed by atoms with E-state index in [2.05, 4.69) is 10.6 Å². The Hall–Kier alpha value is -2.89. The van der Waals surface area contributed by atoms with Crippen molar-refractivity contribution < 1.29 is 9.72 Å². The molecule has 120 valence electrons. The molecule has 0 heterocycles. The highest BCUT2D eigenvalue weighted by Crippen LogP contribution is 2.22. The molecular formula is C17H19N3O3. The van der Waals surface area contributed by atoms with Gasteiger partial charge in [-0.2, -0.15) is 0 Å². The van der Waals surface area contributed by atoms with Crippen LogP contribution in [0.4, 0.5) is 11.4 Å². The van der Waals surface area contributed by atoms with E-state index in [1.54, 1.807) is 18.2 Å². The number of nitro benzene ring substituents is 1. The first-order chi connectivity index (χ1) is 11.0. The standard InChI is InChI=1S/C17H19N3O3/c1-12-9-13(2)11-14(10-12)17(21)19-8-7-18-15-5-3-4-6-16(15)20(22)23/h3-6,9-11,18H,7-8H2,1-2H3,(H,19,21). The molecule has 2 aromatic carbocycles. The number of anilines is 1. The van der Waals surface area contributed by atoms with E-state index in [0.29, 0.717) is 24.3 Å². The van der Waals surface area contributed by atoms with Gasteiger partial charge in [-0.25, -0.2) is 0 Å². The van der Waals surface area contributed by atoms with Gasteiger partial charge in [0.15, 0.2) is 0 Å². The van der Waals surface area contributed by atoms with Crippen LogP contribution in [0.3, 0.4) is 0 Å². The van der Waals surface area contributed by atoms with Crippen molar-refractivity contribution in [2.45, 2.75) is 13.8 Å². The summed E-state index contributed by atoms with van der Waals surface area (Å²) >= 11 is 0. The van der Waals surface area contributed by atoms with E-state index in [4.69, 9.17) is 0 Å². The van der Waals surface area contributed by atoms with Crippen LogP contribution in [0, 0.1) is 24.0 Å². The number of hydrogen-bond acceptors (Lipinski definition) is 4. The summed E-state index contributed by atoms with van der Waals surface area (Å²) in [5, 5.41) is 16.7. The molecule has 6 heteroatoms. The molecule has 0 radical (unpaired) electrons. The van der Waals surface area contributed by atoms with Crippen molar-refractivity contribution in [3.8, 4) is 0 Å². The van der Waals surface area contributed by atoms with Crippen LogP contribution in [0.15, 0.2) is 42.5 Å². The Morgan fingerprint density at radius 3 is 2.39 bits per heavy atom. The number of nitro groups is 1. The minimum Gasteiger partial charge on any atom is -0.378 e. The lowest BCUT2D eigenvalue weighted by Crippen LogP contribution is -2.29. The van der Waals surface area contributed by atoms with Crippen LogP contribution in [0.1, 0.15) is 21.5 Å². The van der Waals surface area contributed by atoms with Crippen molar-refractivity contribution in [3.63, 3.8) is 0 Å². The third-order valence-corrected chi connectivity index (χ3v) is 3.31. The average Bonchev–Trinajstić information content (AvgIpc) is 2.50. The Morgan fingerprint density at radius 2 is 1.74 bits per heavy atom. The van der Waals surface area contributed by atoms with E-state index in [1.165, 1.54) is 6.07 Å². The fourth-order valence-electron chi connectivity index (χ4n) is 2.36. The van der Waals surface area contributed by atoms with Gasteiger partial charge in [-0.1, -0.05) is 29.3 Å². The first kappa shape index (κ1) is 16.5. The number of carbonyl (C=O) groups is 1. The Kier molecular flexibility index (Phi) is 5.30. The maximum absolute atomic E-state index is 12.1. The third kappa shape index (κ3) is 4.54. The Labute approximate surface area is 134 Å². The molecule has 23 heavy (non-hydrogen) atoms. The molecule has 0 fully saturated rings. The summed E-state index contributed by atoms with van der Waals surface area (Å²) in [5.41, 5.74) is 3.15. The zero-order valence-electron chi connectivity index (χ0n) is 13.1. The molecular weight excluding hydrogens is 294 g/mol. The quantitative estimate of drug-likeness (QED) is 0.488. The molecule has 0 aromatic heterocycles. The van der Waals surface area contributed by atoms with Gasteiger partial charge in [-0.15, -0.1) is 0 Å². The molecule has 0 saturated heterocycles.